The van der Waals surface area contributed by atoms with Gasteiger partial charge in [-0.2, -0.15) is 0 Å². The van der Waals surface area contributed by atoms with Gasteiger partial charge in [-0.1, -0.05) is 13.8 Å². The van der Waals surface area contributed by atoms with Gasteiger partial charge in [0.2, 0.25) is 15.9 Å². The van der Waals surface area contributed by atoms with Gasteiger partial charge in [0.15, 0.2) is 0 Å². The Hall–Kier alpha value is -1.15. The van der Waals surface area contributed by atoms with Crippen molar-refractivity contribution in [3.05, 3.63) is 0 Å². The summed E-state index contributed by atoms with van der Waals surface area (Å²) in [6.45, 7) is 3.37. The van der Waals surface area contributed by atoms with Gasteiger partial charge in [0.25, 0.3) is 0 Å². The van der Waals surface area contributed by atoms with Crippen molar-refractivity contribution in [2.75, 3.05) is 5.75 Å². The van der Waals surface area contributed by atoms with Gasteiger partial charge in [-0.15, -0.1) is 0 Å². The molecular weight excluding hydrogens is 236 g/mol. The Bertz CT molecular complexity index is 363. The lowest BCUT2D eigenvalue weighted by Crippen LogP contribution is -2.44. The van der Waals surface area contributed by atoms with Crippen LogP contribution in [0.5, 0.6) is 0 Å². The third-order valence-electron chi connectivity index (χ3n) is 1.58. The van der Waals surface area contributed by atoms with E-state index in [1.54, 1.807) is 13.8 Å². The molecule has 0 aliphatic carbocycles. The van der Waals surface area contributed by atoms with Crippen LogP contribution in [0.3, 0.4) is 0 Å². The molecule has 0 spiro atoms. The Morgan fingerprint density at radius 1 is 1.38 bits per heavy atom. The van der Waals surface area contributed by atoms with Crippen molar-refractivity contribution in [3.63, 3.8) is 0 Å². The third kappa shape index (κ3) is 6.36. The largest absolute Gasteiger partial charge is 0.480 e. The van der Waals surface area contributed by atoms with Crippen LogP contribution in [0, 0.1) is 5.92 Å². The number of carboxylic acid groups (broad SMARTS) is 1. The van der Waals surface area contributed by atoms with Crippen molar-refractivity contribution in [2.24, 2.45) is 11.7 Å². The van der Waals surface area contributed by atoms with E-state index in [9.17, 15) is 18.0 Å². The summed E-state index contributed by atoms with van der Waals surface area (Å²) in [4.78, 5) is 21.2. The highest BCUT2D eigenvalue weighted by molar-refractivity contribution is 7.89. The van der Waals surface area contributed by atoms with Crippen LogP contribution in [0.15, 0.2) is 0 Å². The number of rotatable bonds is 7. The number of hydrogen-bond acceptors (Lipinski definition) is 4. The number of nitrogens with one attached hydrogen (secondary N) is 1. The minimum atomic E-state index is -3.71. The molecule has 0 rings (SSSR count). The van der Waals surface area contributed by atoms with E-state index in [2.05, 4.69) is 0 Å². The highest BCUT2D eigenvalue weighted by Gasteiger charge is 2.26. The second-order valence-corrected chi connectivity index (χ2v) is 5.65. The fourth-order valence-electron chi connectivity index (χ4n) is 1.08. The molecule has 0 fully saturated rings. The molecule has 0 aliphatic rings. The molecular formula is C8H16N2O5S. The quantitative estimate of drug-likeness (QED) is 0.529. The Morgan fingerprint density at radius 3 is 2.19 bits per heavy atom. The van der Waals surface area contributed by atoms with Crippen LogP contribution in [0.1, 0.15) is 20.3 Å². The van der Waals surface area contributed by atoms with Crippen LogP contribution in [-0.4, -0.2) is 37.2 Å². The average Bonchev–Trinajstić information content (AvgIpc) is 1.98. The van der Waals surface area contributed by atoms with E-state index in [0.717, 1.165) is 0 Å². The minimum Gasteiger partial charge on any atom is -0.480 e. The van der Waals surface area contributed by atoms with Crippen molar-refractivity contribution < 1.29 is 23.1 Å². The second-order valence-electron chi connectivity index (χ2n) is 3.85. The molecule has 16 heavy (non-hydrogen) atoms. The molecule has 1 atom stereocenters. The topological polar surface area (TPSA) is 127 Å². The van der Waals surface area contributed by atoms with E-state index in [-0.39, 0.29) is 11.7 Å². The number of nitrogens with two attached hydrogens (primary N) is 1. The molecule has 0 unspecified atom stereocenters. The molecule has 0 aromatic heterocycles. The normalized spacial score (nSPS) is 13.7. The molecule has 0 heterocycles. The Labute approximate surface area is 94.1 Å². The van der Waals surface area contributed by atoms with Crippen molar-refractivity contribution in [3.8, 4) is 0 Å². The SMILES string of the molecule is CC(C)CS(=O)(=O)N[C@H](CC(N)=O)C(=O)O. The fraction of sp³-hybridized carbons (Fsp3) is 0.750. The highest BCUT2D eigenvalue weighted by atomic mass is 32.2. The summed E-state index contributed by atoms with van der Waals surface area (Å²) in [5.74, 6) is -2.64. The van der Waals surface area contributed by atoms with Gasteiger partial charge in [-0.25, -0.2) is 13.1 Å². The monoisotopic (exact) mass is 252 g/mol. The number of carboxylic acids is 1. The first-order valence-corrected chi connectivity index (χ1v) is 6.30. The van der Waals surface area contributed by atoms with Gasteiger partial charge >= 0.3 is 5.97 Å². The number of primary amides is 1. The Kier molecular flexibility index (Phi) is 5.39. The lowest BCUT2D eigenvalue weighted by Gasteiger charge is -2.14. The number of amides is 1. The van der Waals surface area contributed by atoms with Crippen LogP contribution in [0.2, 0.25) is 0 Å². The third-order valence-corrected chi connectivity index (χ3v) is 3.33. The van der Waals surface area contributed by atoms with Crippen molar-refractivity contribution >= 4 is 21.9 Å². The molecule has 0 saturated carbocycles. The van der Waals surface area contributed by atoms with E-state index in [0.29, 0.717) is 0 Å². The number of hydrogen-bond donors (Lipinski definition) is 3. The zero-order valence-electron chi connectivity index (χ0n) is 9.13. The van der Waals surface area contributed by atoms with E-state index in [4.69, 9.17) is 10.8 Å². The Balaban J connectivity index is 4.63. The molecule has 94 valence electrons. The van der Waals surface area contributed by atoms with E-state index in [1.807, 2.05) is 4.72 Å². The first kappa shape index (κ1) is 14.8. The first-order chi connectivity index (χ1) is 7.14. The van der Waals surface area contributed by atoms with Crippen LogP contribution in [0.4, 0.5) is 0 Å². The van der Waals surface area contributed by atoms with Crippen LogP contribution in [0.25, 0.3) is 0 Å². The van der Waals surface area contributed by atoms with Crippen molar-refractivity contribution in [2.45, 2.75) is 26.3 Å². The van der Waals surface area contributed by atoms with Gasteiger partial charge < -0.3 is 10.8 Å². The summed E-state index contributed by atoms with van der Waals surface area (Å²) in [6, 6.07) is -1.50. The minimum absolute atomic E-state index is 0.138. The molecule has 7 nitrogen and oxygen atoms in total. The molecule has 1 amide bonds. The molecule has 4 N–H and O–H groups in total. The summed E-state index contributed by atoms with van der Waals surface area (Å²) >= 11 is 0. The van der Waals surface area contributed by atoms with Crippen LogP contribution in [-0.2, 0) is 19.6 Å². The molecule has 0 aliphatic heterocycles. The number of aliphatic carboxylic acids is 1. The standard InChI is InChI=1S/C8H16N2O5S/c1-5(2)4-16(14,15)10-6(8(12)13)3-7(9)11/h5-6,10H,3-4H2,1-2H3,(H2,9,11)(H,12,13)/t6-/m1/s1. The smallest absolute Gasteiger partial charge is 0.322 e. The lowest BCUT2D eigenvalue weighted by molar-refractivity contribution is -0.140. The number of carbonyl (C=O) groups excluding carboxylic acids is 1. The van der Waals surface area contributed by atoms with Crippen molar-refractivity contribution in [1.29, 1.82) is 0 Å². The van der Waals surface area contributed by atoms with Crippen LogP contribution >= 0.6 is 0 Å². The molecule has 0 radical (unpaired) electrons. The summed E-state index contributed by atoms with van der Waals surface area (Å²) in [6.07, 6.45) is -0.563. The number of carbonyl (C=O) groups is 2. The maximum atomic E-state index is 11.4. The summed E-state index contributed by atoms with van der Waals surface area (Å²) in [7, 11) is -3.71. The predicted octanol–water partition coefficient (Wildman–Crippen LogP) is -1.11. The molecule has 0 aromatic rings. The zero-order chi connectivity index (χ0) is 12.9. The first-order valence-electron chi connectivity index (χ1n) is 4.65. The average molecular weight is 252 g/mol. The highest BCUT2D eigenvalue weighted by Crippen LogP contribution is 2.01. The number of sulfonamides is 1. The Morgan fingerprint density at radius 2 is 1.88 bits per heavy atom. The van der Waals surface area contributed by atoms with Gasteiger partial charge in [0, 0.05) is 0 Å². The van der Waals surface area contributed by atoms with Gasteiger partial charge in [0.05, 0.1) is 12.2 Å². The lowest BCUT2D eigenvalue weighted by atomic mass is 10.2. The molecule has 0 bridgehead atoms. The maximum Gasteiger partial charge on any atom is 0.322 e. The van der Waals surface area contributed by atoms with Gasteiger partial charge in [-0.05, 0) is 5.92 Å². The predicted molar refractivity (Wildman–Crippen MR) is 57.0 cm³/mol. The van der Waals surface area contributed by atoms with Crippen LogP contribution < -0.4 is 10.5 Å². The van der Waals surface area contributed by atoms with Crippen molar-refractivity contribution in [1.82, 2.24) is 4.72 Å². The summed E-state index contributed by atoms with van der Waals surface area (Å²) < 4.78 is 24.7. The maximum absolute atomic E-state index is 11.4. The van der Waals surface area contributed by atoms with Gasteiger partial charge in [-0.3, -0.25) is 9.59 Å². The van der Waals surface area contributed by atoms with Gasteiger partial charge in [0.1, 0.15) is 6.04 Å². The summed E-state index contributed by atoms with van der Waals surface area (Å²) in [5, 5.41) is 8.68. The van der Waals surface area contributed by atoms with E-state index < -0.39 is 34.4 Å². The summed E-state index contributed by atoms with van der Waals surface area (Å²) in [5.41, 5.74) is 4.81. The molecule has 0 aromatic carbocycles. The molecule has 8 heteroatoms. The zero-order valence-corrected chi connectivity index (χ0v) is 9.95. The molecule has 0 saturated heterocycles. The fourth-order valence-corrected chi connectivity index (χ4v) is 2.68. The second kappa shape index (κ2) is 5.80. The van der Waals surface area contributed by atoms with E-state index >= 15 is 0 Å². The van der Waals surface area contributed by atoms with E-state index in [1.165, 1.54) is 0 Å².